The number of carbonyl (C=O) groups excluding carboxylic acids is 2. The number of para-hydroxylation sites is 1. The summed E-state index contributed by atoms with van der Waals surface area (Å²) in [5.41, 5.74) is 2.53. The summed E-state index contributed by atoms with van der Waals surface area (Å²) >= 11 is 1.30. The third kappa shape index (κ3) is 4.07. The highest BCUT2D eigenvalue weighted by Gasteiger charge is 2.49. The number of fused-ring (bicyclic) bond motifs is 1. The van der Waals surface area contributed by atoms with Crippen molar-refractivity contribution in [1.29, 1.82) is 0 Å². The SMILES string of the molecule is COc1ccc(/C(O)=C2\C(=O)C(=O)N(c3nc4ccc(C)cc4s3)C2c2cccc(OC)c2OC)cc1. The minimum absolute atomic E-state index is 0.0721. The molecule has 2 heterocycles. The van der Waals surface area contributed by atoms with E-state index in [1.807, 2.05) is 25.1 Å². The van der Waals surface area contributed by atoms with Crippen LogP contribution in [0, 0.1) is 6.92 Å². The van der Waals surface area contributed by atoms with Gasteiger partial charge >= 0.3 is 5.91 Å². The zero-order valence-electron chi connectivity index (χ0n) is 20.6. The van der Waals surface area contributed by atoms with Gasteiger partial charge in [-0.2, -0.15) is 0 Å². The van der Waals surface area contributed by atoms with E-state index in [-0.39, 0.29) is 11.3 Å². The smallest absolute Gasteiger partial charge is 0.301 e. The molecule has 0 bridgehead atoms. The zero-order chi connectivity index (χ0) is 26.3. The van der Waals surface area contributed by atoms with Crippen molar-refractivity contribution in [3.8, 4) is 17.2 Å². The lowest BCUT2D eigenvalue weighted by Crippen LogP contribution is -2.29. The fraction of sp³-hybridized carbons (Fsp3) is 0.179. The van der Waals surface area contributed by atoms with Crippen molar-refractivity contribution < 1.29 is 28.9 Å². The summed E-state index contributed by atoms with van der Waals surface area (Å²) in [4.78, 5) is 33.0. The normalized spacial score (nSPS) is 16.9. The number of aryl methyl sites for hydroxylation is 1. The highest BCUT2D eigenvalue weighted by Crippen LogP contribution is 2.48. The van der Waals surface area contributed by atoms with Gasteiger partial charge < -0.3 is 19.3 Å². The Morgan fingerprint density at radius 3 is 2.41 bits per heavy atom. The van der Waals surface area contributed by atoms with Gasteiger partial charge in [0, 0.05) is 11.1 Å². The van der Waals surface area contributed by atoms with Crippen LogP contribution in [0.3, 0.4) is 0 Å². The van der Waals surface area contributed by atoms with E-state index in [4.69, 9.17) is 14.2 Å². The molecular weight excluding hydrogens is 492 g/mol. The van der Waals surface area contributed by atoms with E-state index in [1.165, 1.54) is 37.6 Å². The first-order valence-electron chi connectivity index (χ1n) is 11.4. The number of aliphatic hydroxyl groups excluding tert-OH is 1. The van der Waals surface area contributed by atoms with Crippen LogP contribution in [0.5, 0.6) is 17.2 Å². The Kier molecular flexibility index (Phi) is 6.31. The summed E-state index contributed by atoms with van der Waals surface area (Å²) in [5.74, 6) is -0.558. The maximum Gasteiger partial charge on any atom is 0.301 e. The molecule has 1 N–H and O–H groups in total. The topological polar surface area (TPSA) is 98.2 Å². The number of aromatic nitrogens is 1. The van der Waals surface area contributed by atoms with E-state index in [1.54, 1.807) is 42.5 Å². The molecule has 4 aromatic rings. The molecule has 37 heavy (non-hydrogen) atoms. The number of anilines is 1. The lowest BCUT2D eigenvalue weighted by molar-refractivity contribution is -0.132. The van der Waals surface area contributed by atoms with Crippen molar-refractivity contribution in [2.45, 2.75) is 13.0 Å². The number of methoxy groups -OCH3 is 3. The van der Waals surface area contributed by atoms with Crippen molar-refractivity contribution in [3.63, 3.8) is 0 Å². The lowest BCUT2D eigenvalue weighted by Gasteiger charge is -2.25. The summed E-state index contributed by atoms with van der Waals surface area (Å²) in [7, 11) is 4.53. The highest BCUT2D eigenvalue weighted by molar-refractivity contribution is 7.22. The standard InChI is InChI=1S/C28H24N2O6S/c1-15-8-13-19-21(14-15)37-28(29-19)30-23(18-6-5-7-20(35-3)26(18)36-4)22(25(32)27(30)33)24(31)16-9-11-17(34-2)12-10-16/h5-14,23,31H,1-4H3/b24-22+. The van der Waals surface area contributed by atoms with Gasteiger partial charge in [-0.3, -0.25) is 14.5 Å². The molecule has 0 spiro atoms. The van der Waals surface area contributed by atoms with E-state index >= 15 is 0 Å². The number of hydrogen-bond acceptors (Lipinski definition) is 8. The average Bonchev–Trinajstić information content (AvgIpc) is 3.45. The number of thiazole rings is 1. The second kappa shape index (κ2) is 9.59. The fourth-order valence-corrected chi connectivity index (χ4v) is 5.57. The van der Waals surface area contributed by atoms with Gasteiger partial charge in [0.05, 0.1) is 37.1 Å². The quantitative estimate of drug-likeness (QED) is 0.212. The summed E-state index contributed by atoms with van der Waals surface area (Å²) in [6.45, 7) is 1.97. The zero-order valence-corrected chi connectivity index (χ0v) is 21.5. The summed E-state index contributed by atoms with van der Waals surface area (Å²) in [5, 5.41) is 11.7. The number of nitrogens with zero attached hydrogens (tertiary/aromatic N) is 2. The molecule has 0 radical (unpaired) electrons. The summed E-state index contributed by atoms with van der Waals surface area (Å²) in [6.07, 6.45) is 0. The second-order valence-electron chi connectivity index (χ2n) is 8.45. The van der Waals surface area contributed by atoms with Crippen LogP contribution in [0.1, 0.15) is 22.7 Å². The van der Waals surface area contributed by atoms with Gasteiger partial charge in [-0.15, -0.1) is 0 Å². The average molecular weight is 517 g/mol. The maximum atomic E-state index is 13.5. The fourth-order valence-electron chi connectivity index (χ4n) is 4.48. The molecule has 5 rings (SSSR count). The number of amides is 1. The summed E-state index contributed by atoms with van der Waals surface area (Å²) < 4.78 is 17.2. The molecular formula is C28H24N2O6S. The van der Waals surface area contributed by atoms with Crippen molar-refractivity contribution in [2.75, 3.05) is 26.2 Å². The Morgan fingerprint density at radius 2 is 1.73 bits per heavy atom. The van der Waals surface area contributed by atoms with Gasteiger partial charge in [-0.1, -0.05) is 29.5 Å². The van der Waals surface area contributed by atoms with Gasteiger partial charge in [-0.25, -0.2) is 4.98 Å². The molecule has 1 saturated heterocycles. The molecule has 9 heteroatoms. The van der Waals surface area contributed by atoms with Crippen molar-refractivity contribution >= 4 is 44.1 Å². The highest BCUT2D eigenvalue weighted by atomic mass is 32.1. The van der Waals surface area contributed by atoms with E-state index in [9.17, 15) is 14.7 Å². The second-order valence-corrected chi connectivity index (χ2v) is 9.46. The van der Waals surface area contributed by atoms with E-state index < -0.39 is 17.7 Å². The molecule has 1 aromatic heterocycles. The number of carbonyl (C=O) groups is 2. The Bertz CT molecular complexity index is 1560. The molecule has 188 valence electrons. The van der Waals surface area contributed by atoms with Gasteiger partial charge in [0.25, 0.3) is 5.78 Å². The van der Waals surface area contributed by atoms with E-state index in [0.717, 1.165) is 10.3 Å². The van der Waals surface area contributed by atoms with Crippen LogP contribution in [0.4, 0.5) is 5.13 Å². The maximum absolute atomic E-state index is 13.5. The van der Waals surface area contributed by atoms with Crippen LogP contribution < -0.4 is 19.1 Å². The Hall–Kier alpha value is -4.37. The predicted molar refractivity (Wildman–Crippen MR) is 142 cm³/mol. The number of benzene rings is 3. The van der Waals surface area contributed by atoms with E-state index in [2.05, 4.69) is 4.98 Å². The van der Waals surface area contributed by atoms with Crippen LogP contribution in [0.25, 0.3) is 16.0 Å². The third-order valence-corrected chi connectivity index (χ3v) is 7.29. The number of rotatable bonds is 6. The number of Topliss-reactive ketones (excluding diaryl/α,β-unsaturated/α-hetero) is 1. The molecule has 1 amide bonds. The predicted octanol–water partition coefficient (Wildman–Crippen LogP) is 5.26. The Balaban J connectivity index is 1.77. The van der Waals surface area contributed by atoms with Crippen molar-refractivity contribution in [3.05, 3.63) is 82.9 Å². The number of ketones is 1. The van der Waals surface area contributed by atoms with Crippen LogP contribution in [0.15, 0.2) is 66.2 Å². The monoisotopic (exact) mass is 516 g/mol. The molecule has 8 nitrogen and oxygen atoms in total. The van der Waals surface area contributed by atoms with Crippen molar-refractivity contribution in [1.82, 2.24) is 4.98 Å². The molecule has 1 aliphatic rings. The largest absolute Gasteiger partial charge is 0.507 e. The molecule has 1 unspecified atom stereocenters. The van der Waals surface area contributed by atoms with Crippen LogP contribution in [0.2, 0.25) is 0 Å². The van der Waals surface area contributed by atoms with Gasteiger partial charge in [-0.05, 0) is 55.0 Å². The minimum atomic E-state index is -1.01. The number of hydrogen-bond donors (Lipinski definition) is 1. The first-order chi connectivity index (χ1) is 17.9. The van der Waals surface area contributed by atoms with Gasteiger partial charge in [0.1, 0.15) is 17.6 Å². The first-order valence-corrected chi connectivity index (χ1v) is 12.2. The first kappa shape index (κ1) is 24.3. The van der Waals surface area contributed by atoms with Gasteiger partial charge in [0.2, 0.25) is 0 Å². The molecule has 3 aromatic carbocycles. The molecule has 1 aliphatic heterocycles. The third-order valence-electron chi connectivity index (χ3n) is 6.27. The van der Waals surface area contributed by atoms with Crippen LogP contribution >= 0.6 is 11.3 Å². The minimum Gasteiger partial charge on any atom is -0.507 e. The molecule has 1 fully saturated rings. The number of aliphatic hydroxyl groups is 1. The Labute approximate surface area is 217 Å². The Morgan fingerprint density at radius 1 is 0.973 bits per heavy atom. The van der Waals surface area contributed by atoms with Gasteiger partial charge in [0.15, 0.2) is 16.6 Å². The number of ether oxygens (including phenoxy) is 3. The van der Waals surface area contributed by atoms with E-state index in [0.29, 0.717) is 39.0 Å². The van der Waals surface area contributed by atoms with Crippen LogP contribution in [-0.2, 0) is 9.59 Å². The molecule has 0 saturated carbocycles. The molecule has 0 aliphatic carbocycles. The lowest BCUT2D eigenvalue weighted by atomic mass is 9.94. The molecule has 1 atom stereocenters. The summed E-state index contributed by atoms with van der Waals surface area (Å²) in [6, 6.07) is 16.6. The van der Waals surface area contributed by atoms with Crippen molar-refractivity contribution in [2.24, 2.45) is 0 Å². The van der Waals surface area contributed by atoms with Crippen LogP contribution in [-0.4, -0.2) is 43.1 Å².